The Morgan fingerprint density at radius 1 is 1.03 bits per heavy atom. The molecule has 2 aromatic carbocycles. The zero-order chi connectivity index (χ0) is 21.3. The number of sulfonamides is 1. The van der Waals surface area contributed by atoms with E-state index in [0.29, 0.717) is 28.5 Å². The first kappa shape index (κ1) is 20.0. The molecule has 0 radical (unpaired) electrons. The van der Waals surface area contributed by atoms with Gasteiger partial charge >= 0.3 is 0 Å². The summed E-state index contributed by atoms with van der Waals surface area (Å²) >= 11 is 6.07. The van der Waals surface area contributed by atoms with Gasteiger partial charge in [-0.05, 0) is 36.4 Å². The standard InChI is InChI=1S/C20H17ClN4O4S/c1-28-17-8-7-13(16-12-25-19(22-16)9-10-20(23-25)29-2)11-15(17)24-30(26,27)18-6-4-3-5-14(18)21/h3-12,24H,1-2H3. The van der Waals surface area contributed by atoms with Crippen molar-refractivity contribution in [3.05, 3.63) is 65.8 Å². The third-order valence-electron chi connectivity index (χ3n) is 4.37. The highest BCUT2D eigenvalue weighted by atomic mass is 35.5. The van der Waals surface area contributed by atoms with Gasteiger partial charge in [0.25, 0.3) is 10.0 Å². The molecule has 1 N–H and O–H groups in total. The molecule has 30 heavy (non-hydrogen) atoms. The van der Waals surface area contributed by atoms with Crippen molar-refractivity contribution in [1.82, 2.24) is 14.6 Å². The van der Waals surface area contributed by atoms with Crippen LogP contribution in [0.4, 0.5) is 5.69 Å². The maximum atomic E-state index is 12.9. The summed E-state index contributed by atoms with van der Waals surface area (Å²) in [5, 5.41) is 4.41. The largest absolute Gasteiger partial charge is 0.495 e. The quantitative estimate of drug-likeness (QED) is 0.485. The van der Waals surface area contributed by atoms with Crippen LogP contribution in [0, 0.1) is 0 Å². The molecule has 0 aliphatic rings. The Morgan fingerprint density at radius 2 is 1.83 bits per heavy atom. The predicted molar refractivity (Wildman–Crippen MR) is 114 cm³/mol. The molecule has 0 fully saturated rings. The van der Waals surface area contributed by atoms with Crippen molar-refractivity contribution < 1.29 is 17.9 Å². The van der Waals surface area contributed by atoms with E-state index in [1.807, 2.05) is 0 Å². The second kappa shape index (κ2) is 7.85. The first-order chi connectivity index (χ1) is 14.4. The van der Waals surface area contributed by atoms with Crippen LogP contribution in [0.25, 0.3) is 16.9 Å². The lowest BCUT2D eigenvalue weighted by Gasteiger charge is -2.13. The number of methoxy groups -OCH3 is 2. The van der Waals surface area contributed by atoms with E-state index in [0.717, 1.165) is 0 Å². The molecule has 0 atom stereocenters. The van der Waals surface area contributed by atoms with Gasteiger partial charge in [0, 0.05) is 11.6 Å². The Labute approximate surface area is 178 Å². The fraction of sp³-hybridized carbons (Fsp3) is 0.100. The number of nitrogens with zero attached hydrogens (tertiary/aromatic N) is 3. The zero-order valence-electron chi connectivity index (χ0n) is 16.0. The Balaban J connectivity index is 1.75. The van der Waals surface area contributed by atoms with E-state index in [1.54, 1.807) is 53.2 Å². The summed E-state index contributed by atoms with van der Waals surface area (Å²) < 4.78 is 40.3. The van der Waals surface area contributed by atoms with Crippen LogP contribution in [0.2, 0.25) is 5.02 Å². The average molecular weight is 445 g/mol. The molecule has 0 saturated carbocycles. The molecule has 0 spiro atoms. The highest BCUT2D eigenvalue weighted by molar-refractivity contribution is 7.92. The second-order valence-electron chi connectivity index (χ2n) is 6.26. The summed E-state index contributed by atoms with van der Waals surface area (Å²) in [5.41, 5.74) is 2.17. The van der Waals surface area contributed by atoms with Gasteiger partial charge in [0.1, 0.15) is 10.6 Å². The van der Waals surface area contributed by atoms with Crippen LogP contribution in [-0.4, -0.2) is 37.2 Å². The number of hydrogen-bond donors (Lipinski definition) is 1. The second-order valence-corrected chi connectivity index (χ2v) is 8.31. The van der Waals surface area contributed by atoms with Gasteiger partial charge in [-0.1, -0.05) is 23.7 Å². The van der Waals surface area contributed by atoms with Crippen LogP contribution in [0.5, 0.6) is 11.6 Å². The van der Waals surface area contributed by atoms with Gasteiger partial charge in [-0.15, -0.1) is 5.10 Å². The van der Waals surface area contributed by atoms with Crippen molar-refractivity contribution >= 4 is 33.0 Å². The van der Waals surface area contributed by atoms with Crippen LogP contribution < -0.4 is 14.2 Å². The van der Waals surface area contributed by atoms with Crippen molar-refractivity contribution in [3.63, 3.8) is 0 Å². The summed E-state index contributed by atoms with van der Waals surface area (Å²) in [6, 6.07) is 14.8. The van der Waals surface area contributed by atoms with Crippen LogP contribution in [0.1, 0.15) is 0 Å². The number of nitrogens with one attached hydrogen (secondary N) is 1. The Hall–Kier alpha value is -3.30. The maximum Gasteiger partial charge on any atom is 0.263 e. The van der Waals surface area contributed by atoms with Crippen molar-refractivity contribution in [2.45, 2.75) is 4.90 Å². The molecule has 0 aliphatic carbocycles. The minimum Gasteiger partial charge on any atom is -0.495 e. The lowest BCUT2D eigenvalue weighted by Crippen LogP contribution is -2.14. The van der Waals surface area contributed by atoms with Crippen LogP contribution in [-0.2, 0) is 10.0 Å². The van der Waals surface area contributed by atoms with E-state index in [4.69, 9.17) is 21.1 Å². The number of fused-ring (bicyclic) bond motifs is 1. The number of rotatable bonds is 6. The van der Waals surface area contributed by atoms with Gasteiger partial charge in [0.15, 0.2) is 5.65 Å². The van der Waals surface area contributed by atoms with E-state index in [1.165, 1.54) is 26.4 Å². The summed E-state index contributed by atoms with van der Waals surface area (Å²) in [6.07, 6.45) is 1.73. The molecule has 0 bridgehead atoms. The SMILES string of the molecule is COc1ccc2nc(-c3ccc(OC)c(NS(=O)(=O)c4ccccc4Cl)c3)cn2n1. The third-order valence-corrected chi connectivity index (χ3v) is 6.24. The number of imidazole rings is 1. The van der Waals surface area contributed by atoms with Crippen LogP contribution in [0.3, 0.4) is 0 Å². The monoisotopic (exact) mass is 444 g/mol. The first-order valence-electron chi connectivity index (χ1n) is 8.77. The fourth-order valence-corrected chi connectivity index (χ4v) is 4.50. The van der Waals surface area contributed by atoms with Crippen molar-refractivity contribution in [1.29, 1.82) is 0 Å². The topological polar surface area (TPSA) is 94.8 Å². The molecule has 4 rings (SSSR count). The van der Waals surface area contributed by atoms with Gasteiger partial charge in [-0.2, -0.15) is 0 Å². The number of benzene rings is 2. The molecule has 4 aromatic rings. The molecule has 2 heterocycles. The Morgan fingerprint density at radius 3 is 2.57 bits per heavy atom. The lowest BCUT2D eigenvalue weighted by molar-refractivity contribution is 0.390. The van der Waals surface area contributed by atoms with E-state index < -0.39 is 10.0 Å². The van der Waals surface area contributed by atoms with Gasteiger partial charge in [-0.3, -0.25) is 4.72 Å². The average Bonchev–Trinajstić information content (AvgIpc) is 3.17. The number of anilines is 1. The molecule has 10 heteroatoms. The first-order valence-corrected chi connectivity index (χ1v) is 10.6. The fourth-order valence-electron chi connectivity index (χ4n) is 2.92. The van der Waals surface area contributed by atoms with Gasteiger partial charge in [0.05, 0.1) is 36.8 Å². The normalized spacial score (nSPS) is 11.4. The molecule has 154 valence electrons. The minimum atomic E-state index is -3.93. The van der Waals surface area contributed by atoms with E-state index >= 15 is 0 Å². The smallest absolute Gasteiger partial charge is 0.263 e. The van der Waals surface area contributed by atoms with Crippen molar-refractivity contribution in [2.75, 3.05) is 18.9 Å². The van der Waals surface area contributed by atoms with Crippen LogP contribution in [0.15, 0.2) is 65.7 Å². The van der Waals surface area contributed by atoms with Crippen LogP contribution >= 0.6 is 11.6 Å². The Bertz CT molecular complexity index is 1340. The van der Waals surface area contributed by atoms with Crippen molar-refractivity contribution in [2.24, 2.45) is 0 Å². The Kier molecular flexibility index (Phi) is 5.23. The van der Waals surface area contributed by atoms with Gasteiger partial charge in [0.2, 0.25) is 5.88 Å². The summed E-state index contributed by atoms with van der Waals surface area (Å²) in [6.45, 7) is 0. The maximum absolute atomic E-state index is 12.9. The zero-order valence-corrected chi connectivity index (χ0v) is 17.6. The molecular formula is C20H17ClN4O4S. The van der Waals surface area contributed by atoms with E-state index in [-0.39, 0.29) is 15.6 Å². The van der Waals surface area contributed by atoms with E-state index in [9.17, 15) is 8.42 Å². The summed E-state index contributed by atoms with van der Waals surface area (Å²) in [7, 11) is -0.929. The molecule has 0 amide bonds. The number of hydrogen-bond acceptors (Lipinski definition) is 6. The number of aromatic nitrogens is 3. The number of halogens is 1. The number of ether oxygens (including phenoxy) is 2. The summed E-state index contributed by atoms with van der Waals surface area (Å²) in [4.78, 5) is 4.50. The van der Waals surface area contributed by atoms with Gasteiger partial charge < -0.3 is 9.47 Å². The predicted octanol–water partition coefficient (Wildman–Crippen LogP) is 3.87. The van der Waals surface area contributed by atoms with Crippen molar-refractivity contribution in [3.8, 4) is 22.9 Å². The minimum absolute atomic E-state index is 0.0249. The molecule has 0 unspecified atom stereocenters. The molecule has 0 aliphatic heterocycles. The molecule has 2 aromatic heterocycles. The lowest BCUT2D eigenvalue weighted by atomic mass is 10.1. The highest BCUT2D eigenvalue weighted by Gasteiger charge is 2.20. The summed E-state index contributed by atoms with van der Waals surface area (Å²) in [5.74, 6) is 0.812. The van der Waals surface area contributed by atoms with E-state index in [2.05, 4.69) is 14.8 Å². The molecular weight excluding hydrogens is 428 g/mol. The highest BCUT2D eigenvalue weighted by Crippen LogP contribution is 2.33. The molecule has 8 nitrogen and oxygen atoms in total. The van der Waals surface area contributed by atoms with Gasteiger partial charge in [-0.25, -0.2) is 17.9 Å². The molecule has 0 saturated heterocycles. The third kappa shape index (κ3) is 3.77.